The van der Waals surface area contributed by atoms with E-state index in [2.05, 4.69) is 44.1 Å². The summed E-state index contributed by atoms with van der Waals surface area (Å²) in [5, 5.41) is 11.6. The van der Waals surface area contributed by atoms with Crippen LogP contribution in [-0.4, -0.2) is 87.6 Å². The van der Waals surface area contributed by atoms with E-state index in [1.165, 1.54) is 37.4 Å². The number of carbonyl (C=O) groups excluding carboxylic acids is 2. The summed E-state index contributed by atoms with van der Waals surface area (Å²) >= 11 is 0. The lowest BCUT2D eigenvalue weighted by Crippen LogP contribution is -2.61. The molecule has 1 unspecified atom stereocenters. The highest BCUT2D eigenvalue weighted by atomic mass is 19.1. The molecule has 2 aromatic rings. The molecule has 2 amide bonds. The van der Waals surface area contributed by atoms with Gasteiger partial charge in [-0.1, -0.05) is 13.8 Å². The highest BCUT2D eigenvalue weighted by Gasteiger charge is 2.48. The van der Waals surface area contributed by atoms with Gasteiger partial charge in [-0.2, -0.15) is 0 Å². The van der Waals surface area contributed by atoms with Crippen molar-refractivity contribution in [2.75, 3.05) is 44.2 Å². The zero-order valence-electron chi connectivity index (χ0n) is 28.8. The van der Waals surface area contributed by atoms with Crippen molar-refractivity contribution in [1.82, 2.24) is 30.3 Å². The number of hydrogen-bond donors (Lipinski definition) is 1. The van der Waals surface area contributed by atoms with Crippen LogP contribution in [0.4, 0.5) is 10.2 Å². The van der Waals surface area contributed by atoms with Crippen LogP contribution in [0.15, 0.2) is 24.5 Å². The molecule has 1 atom stereocenters. The van der Waals surface area contributed by atoms with Crippen LogP contribution in [0.3, 0.4) is 0 Å². The van der Waals surface area contributed by atoms with E-state index >= 15 is 0 Å². The molecule has 3 aliphatic heterocycles. The molecular weight excluding hydrogens is 597 g/mol. The molecule has 4 aliphatic rings. The van der Waals surface area contributed by atoms with Gasteiger partial charge in [-0.15, -0.1) is 10.2 Å². The number of nitrogens with zero attached hydrogens (tertiary/aromatic N) is 6. The minimum Gasteiger partial charge on any atom is -0.434 e. The lowest BCUT2D eigenvalue weighted by Gasteiger charge is -2.54. The fourth-order valence-electron chi connectivity index (χ4n) is 8.59. The number of benzene rings is 1. The molecule has 4 heterocycles. The van der Waals surface area contributed by atoms with E-state index in [9.17, 15) is 14.0 Å². The molecule has 10 nitrogen and oxygen atoms in total. The summed E-state index contributed by atoms with van der Waals surface area (Å²) in [5.41, 5.74) is 0.441. The third-order valence-corrected chi connectivity index (χ3v) is 11.2. The molecule has 47 heavy (non-hydrogen) atoms. The molecule has 11 heteroatoms. The van der Waals surface area contributed by atoms with Gasteiger partial charge in [0.25, 0.3) is 11.8 Å². The first kappa shape index (κ1) is 33.6. The number of aromatic nitrogens is 3. The molecule has 256 valence electrons. The molecule has 1 N–H and O–H groups in total. The van der Waals surface area contributed by atoms with Crippen LogP contribution in [0.25, 0.3) is 0 Å². The molecule has 3 saturated heterocycles. The van der Waals surface area contributed by atoms with Crippen molar-refractivity contribution in [2.24, 2.45) is 23.2 Å². The van der Waals surface area contributed by atoms with Gasteiger partial charge in [-0.3, -0.25) is 9.59 Å². The summed E-state index contributed by atoms with van der Waals surface area (Å²) in [6.45, 7) is 15.8. The minimum atomic E-state index is -0.501. The molecule has 4 fully saturated rings. The molecule has 1 aliphatic carbocycles. The Kier molecular flexibility index (Phi) is 9.74. The number of halogens is 1. The van der Waals surface area contributed by atoms with E-state index in [-0.39, 0.29) is 51.9 Å². The Bertz CT molecular complexity index is 1430. The first-order valence-corrected chi connectivity index (χ1v) is 17.7. The second-order valence-corrected chi connectivity index (χ2v) is 15.4. The van der Waals surface area contributed by atoms with E-state index in [0.29, 0.717) is 24.2 Å². The van der Waals surface area contributed by atoms with Crippen molar-refractivity contribution in [3.63, 3.8) is 0 Å². The fourth-order valence-corrected chi connectivity index (χ4v) is 8.59. The highest BCUT2D eigenvalue weighted by Crippen LogP contribution is 2.46. The molecule has 0 bridgehead atoms. The Balaban J connectivity index is 1.01. The number of piperidine rings is 1. The van der Waals surface area contributed by atoms with Gasteiger partial charge in [0.05, 0.1) is 5.56 Å². The SMILES string of the molecule is CCN(C(=O)c1cc(F)ccc1Oc1nncnc1N1CC2(CCN(CC3CCC4(CC3)CC(CC(C)C)C(=O)N4)CC2)C1)C(C)C. The Morgan fingerprint density at radius 2 is 1.85 bits per heavy atom. The van der Waals surface area contributed by atoms with E-state index in [1.54, 1.807) is 4.90 Å². The van der Waals surface area contributed by atoms with Gasteiger partial charge in [0.2, 0.25) is 5.91 Å². The van der Waals surface area contributed by atoms with Crippen LogP contribution in [-0.2, 0) is 4.79 Å². The predicted molar refractivity (Wildman–Crippen MR) is 179 cm³/mol. The maximum Gasteiger partial charge on any atom is 0.282 e. The van der Waals surface area contributed by atoms with Crippen molar-refractivity contribution < 1.29 is 18.7 Å². The van der Waals surface area contributed by atoms with Crippen molar-refractivity contribution in [1.29, 1.82) is 0 Å². The number of likely N-dealkylation sites (tertiary alicyclic amines) is 1. The molecule has 6 rings (SSSR count). The van der Waals surface area contributed by atoms with Crippen LogP contribution in [0.2, 0.25) is 0 Å². The highest BCUT2D eigenvalue weighted by molar-refractivity contribution is 5.97. The van der Waals surface area contributed by atoms with Crippen LogP contribution in [0.1, 0.15) is 96.3 Å². The summed E-state index contributed by atoms with van der Waals surface area (Å²) in [6.07, 6.45) is 10.3. The average Bonchev–Trinajstić information content (AvgIpc) is 3.32. The average molecular weight is 650 g/mol. The first-order chi connectivity index (χ1) is 22.5. The van der Waals surface area contributed by atoms with Crippen LogP contribution >= 0.6 is 0 Å². The summed E-state index contributed by atoms with van der Waals surface area (Å²) in [6, 6.07) is 3.94. The van der Waals surface area contributed by atoms with Crippen LogP contribution < -0.4 is 15.0 Å². The summed E-state index contributed by atoms with van der Waals surface area (Å²) in [4.78, 5) is 37.0. The van der Waals surface area contributed by atoms with Crippen molar-refractivity contribution in [2.45, 2.75) is 97.6 Å². The van der Waals surface area contributed by atoms with Gasteiger partial charge in [0.1, 0.15) is 17.9 Å². The zero-order valence-corrected chi connectivity index (χ0v) is 28.8. The first-order valence-electron chi connectivity index (χ1n) is 17.7. The van der Waals surface area contributed by atoms with Gasteiger partial charge in [-0.25, -0.2) is 9.37 Å². The lowest BCUT2D eigenvalue weighted by atomic mass is 9.71. The quantitative estimate of drug-likeness (QED) is 0.351. The number of ether oxygens (including phenoxy) is 1. The van der Waals surface area contributed by atoms with Gasteiger partial charge in [-0.05, 0) is 115 Å². The molecule has 1 saturated carbocycles. The monoisotopic (exact) mass is 649 g/mol. The third-order valence-electron chi connectivity index (χ3n) is 11.2. The second kappa shape index (κ2) is 13.6. The summed E-state index contributed by atoms with van der Waals surface area (Å²) in [7, 11) is 0. The normalized spacial score (nSPS) is 25.8. The zero-order chi connectivity index (χ0) is 33.3. The number of anilines is 1. The number of hydrogen-bond acceptors (Lipinski definition) is 8. The Labute approximate surface area is 278 Å². The fraction of sp³-hybridized carbons (Fsp3) is 0.694. The van der Waals surface area contributed by atoms with Crippen LogP contribution in [0, 0.1) is 29.0 Å². The van der Waals surface area contributed by atoms with Gasteiger partial charge in [0.15, 0.2) is 5.82 Å². The van der Waals surface area contributed by atoms with E-state index in [1.807, 2.05) is 20.8 Å². The van der Waals surface area contributed by atoms with E-state index in [0.717, 1.165) is 71.2 Å². The molecule has 2 spiro atoms. The Hall–Kier alpha value is -3.34. The molecule has 1 aromatic heterocycles. The van der Waals surface area contributed by atoms with Gasteiger partial charge < -0.3 is 24.8 Å². The van der Waals surface area contributed by atoms with E-state index in [4.69, 9.17) is 4.74 Å². The topological polar surface area (TPSA) is 104 Å². The van der Waals surface area contributed by atoms with Gasteiger partial charge in [0, 0.05) is 49.1 Å². The smallest absolute Gasteiger partial charge is 0.282 e. The number of carbonyl (C=O) groups is 2. The Morgan fingerprint density at radius 3 is 2.51 bits per heavy atom. The minimum absolute atomic E-state index is 0.0421. The number of amides is 2. The van der Waals surface area contributed by atoms with Crippen molar-refractivity contribution in [3.8, 4) is 11.6 Å². The number of rotatable bonds is 10. The molecule has 1 aromatic carbocycles. The predicted octanol–water partition coefficient (Wildman–Crippen LogP) is 5.69. The summed E-state index contributed by atoms with van der Waals surface area (Å²) < 4.78 is 20.4. The van der Waals surface area contributed by atoms with Crippen LogP contribution in [0.5, 0.6) is 11.6 Å². The van der Waals surface area contributed by atoms with Crippen molar-refractivity contribution in [3.05, 3.63) is 35.9 Å². The van der Waals surface area contributed by atoms with Crippen molar-refractivity contribution >= 4 is 17.6 Å². The standard InChI is InChI=1S/C36H52FN7O3/c1-6-44(25(4)5)34(46)29-18-28(37)7-8-30(29)47-33-31(38-23-39-41-33)43-21-35(22-43)13-15-42(16-14-35)20-26-9-11-36(12-10-26)19-27(17-24(2)3)32(45)40-36/h7-8,18,23-27H,6,9-17,19-22H2,1-5H3,(H,40,45). The second-order valence-electron chi connectivity index (χ2n) is 15.4. The number of nitrogens with one attached hydrogen (secondary N) is 1. The maximum absolute atomic E-state index is 14.3. The Morgan fingerprint density at radius 1 is 1.13 bits per heavy atom. The third kappa shape index (κ3) is 7.25. The lowest BCUT2D eigenvalue weighted by molar-refractivity contribution is -0.123. The van der Waals surface area contributed by atoms with E-state index < -0.39 is 5.82 Å². The summed E-state index contributed by atoms with van der Waals surface area (Å²) in [5.74, 6) is 2.00. The maximum atomic E-state index is 14.3. The molecular formula is C36H52FN7O3. The molecule has 0 radical (unpaired) electrons. The largest absolute Gasteiger partial charge is 0.434 e. The van der Waals surface area contributed by atoms with Gasteiger partial charge >= 0.3 is 0 Å².